The summed E-state index contributed by atoms with van der Waals surface area (Å²) in [6.07, 6.45) is 0.333. The Kier molecular flexibility index (Phi) is 5.43. The van der Waals surface area contributed by atoms with Crippen molar-refractivity contribution in [3.63, 3.8) is 0 Å². The highest BCUT2D eigenvalue weighted by Gasteiger charge is 2.09. The molecule has 1 amide bonds. The lowest BCUT2D eigenvalue weighted by Gasteiger charge is -2.14. The van der Waals surface area contributed by atoms with Gasteiger partial charge >= 0.3 is 0 Å². The Morgan fingerprint density at radius 2 is 1.65 bits per heavy atom. The summed E-state index contributed by atoms with van der Waals surface area (Å²) in [6, 6.07) is 10.1. The number of carbonyl (C=O) groups is 1. The molecule has 0 atom stereocenters. The Balaban J connectivity index is 1.92. The molecule has 0 radical (unpaired) electrons. The minimum absolute atomic E-state index is 0.0228. The number of nitrogens with one attached hydrogen (secondary N) is 1. The van der Waals surface area contributed by atoms with Gasteiger partial charge in [0.1, 0.15) is 5.75 Å². The van der Waals surface area contributed by atoms with Gasteiger partial charge in [-0.2, -0.15) is 0 Å². The number of carbonyl (C=O) groups excluding carboxylic acids is 1. The molecule has 0 heterocycles. The van der Waals surface area contributed by atoms with Gasteiger partial charge in [-0.3, -0.25) is 4.79 Å². The van der Waals surface area contributed by atoms with Crippen LogP contribution in [0.4, 0.5) is 5.69 Å². The molecule has 0 spiro atoms. The van der Waals surface area contributed by atoms with E-state index in [9.17, 15) is 4.79 Å². The number of benzene rings is 2. The minimum atomic E-state index is -0.0228. The molecule has 0 saturated carbocycles. The maximum Gasteiger partial charge on any atom is 0.227 e. The first-order valence-corrected chi connectivity index (χ1v) is 7.95. The second-order valence-electron chi connectivity index (χ2n) is 6.12. The molecule has 1 N–H and O–H groups in total. The Morgan fingerprint density at radius 3 is 2.30 bits per heavy atom. The van der Waals surface area contributed by atoms with Gasteiger partial charge in [0.15, 0.2) is 0 Å². The molecule has 2 aromatic rings. The number of hydrogen-bond donors (Lipinski definition) is 1. The average Bonchev–Trinajstić information content (AvgIpc) is 2.47. The molecule has 23 heavy (non-hydrogen) atoms. The average molecular weight is 311 g/mol. The van der Waals surface area contributed by atoms with E-state index in [1.165, 1.54) is 11.1 Å². The molecule has 0 aliphatic rings. The lowest BCUT2D eigenvalue weighted by Crippen LogP contribution is -2.17. The van der Waals surface area contributed by atoms with Gasteiger partial charge in [-0.1, -0.05) is 29.8 Å². The van der Waals surface area contributed by atoms with Crippen LogP contribution in [0.1, 0.15) is 34.2 Å². The van der Waals surface area contributed by atoms with Crippen molar-refractivity contribution in [2.24, 2.45) is 0 Å². The Hall–Kier alpha value is -2.29. The zero-order valence-electron chi connectivity index (χ0n) is 14.6. The van der Waals surface area contributed by atoms with Gasteiger partial charge in [-0.05, 0) is 62.9 Å². The zero-order valence-corrected chi connectivity index (χ0v) is 14.6. The topological polar surface area (TPSA) is 38.3 Å². The van der Waals surface area contributed by atoms with Crippen LogP contribution in [-0.2, 0) is 4.79 Å². The van der Waals surface area contributed by atoms with Crippen LogP contribution in [0.2, 0.25) is 0 Å². The van der Waals surface area contributed by atoms with Crippen LogP contribution in [0.3, 0.4) is 0 Å². The fraction of sp³-hybridized carbons (Fsp3) is 0.350. The van der Waals surface area contributed by atoms with Crippen molar-refractivity contribution in [3.8, 4) is 5.75 Å². The maximum atomic E-state index is 12.2. The first kappa shape index (κ1) is 17.1. The maximum absolute atomic E-state index is 12.2. The summed E-state index contributed by atoms with van der Waals surface area (Å²) >= 11 is 0. The second kappa shape index (κ2) is 7.32. The minimum Gasteiger partial charge on any atom is -0.493 e. The summed E-state index contributed by atoms with van der Waals surface area (Å²) < 4.78 is 5.74. The van der Waals surface area contributed by atoms with Crippen LogP contribution in [0.5, 0.6) is 5.75 Å². The predicted molar refractivity (Wildman–Crippen MR) is 95.3 cm³/mol. The van der Waals surface area contributed by atoms with E-state index in [2.05, 4.69) is 37.4 Å². The van der Waals surface area contributed by atoms with Crippen LogP contribution in [0, 0.1) is 34.6 Å². The van der Waals surface area contributed by atoms with Gasteiger partial charge in [0.2, 0.25) is 5.91 Å². The standard InChI is InChI=1S/C20H25NO2/c1-13-11-15(3)20(16(4)12-13)21-19(22)9-10-23-18-8-6-7-14(2)17(18)5/h6-8,11-12H,9-10H2,1-5H3,(H,21,22). The number of anilines is 1. The summed E-state index contributed by atoms with van der Waals surface area (Å²) in [7, 11) is 0. The zero-order chi connectivity index (χ0) is 17.0. The Labute approximate surface area is 138 Å². The van der Waals surface area contributed by atoms with E-state index < -0.39 is 0 Å². The lowest BCUT2D eigenvalue weighted by atomic mass is 10.1. The third-order valence-electron chi connectivity index (χ3n) is 4.08. The van der Waals surface area contributed by atoms with Crippen molar-refractivity contribution in [3.05, 3.63) is 58.1 Å². The Bertz CT molecular complexity index is 697. The van der Waals surface area contributed by atoms with E-state index in [1.54, 1.807) is 0 Å². The van der Waals surface area contributed by atoms with E-state index in [1.807, 2.05) is 32.9 Å². The van der Waals surface area contributed by atoms with Gasteiger partial charge in [0.05, 0.1) is 13.0 Å². The van der Waals surface area contributed by atoms with Crippen molar-refractivity contribution in [2.75, 3.05) is 11.9 Å². The van der Waals surface area contributed by atoms with Crippen LogP contribution >= 0.6 is 0 Å². The summed E-state index contributed by atoms with van der Waals surface area (Å²) in [5.74, 6) is 0.825. The molecule has 0 aromatic heterocycles. The largest absolute Gasteiger partial charge is 0.493 e. The van der Waals surface area contributed by atoms with E-state index >= 15 is 0 Å². The molecule has 0 saturated heterocycles. The van der Waals surface area contributed by atoms with E-state index in [0.717, 1.165) is 28.1 Å². The smallest absolute Gasteiger partial charge is 0.227 e. The highest BCUT2D eigenvalue weighted by Crippen LogP contribution is 2.23. The van der Waals surface area contributed by atoms with Crippen molar-refractivity contribution in [1.82, 2.24) is 0 Å². The normalized spacial score (nSPS) is 10.5. The van der Waals surface area contributed by atoms with Crippen LogP contribution in [0.15, 0.2) is 30.3 Å². The molecule has 0 aliphatic heterocycles. The number of hydrogen-bond acceptors (Lipinski definition) is 2. The van der Waals surface area contributed by atoms with Gasteiger partial charge < -0.3 is 10.1 Å². The van der Waals surface area contributed by atoms with Crippen molar-refractivity contribution < 1.29 is 9.53 Å². The number of rotatable bonds is 5. The monoisotopic (exact) mass is 311 g/mol. The van der Waals surface area contributed by atoms with Gasteiger partial charge in [-0.25, -0.2) is 0 Å². The quantitative estimate of drug-likeness (QED) is 0.874. The summed E-state index contributed by atoms with van der Waals surface area (Å²) in [4.78, 5) is 12.2. The number of ether oxygens (including phenoxy) is 1. The highest BCUT2D eigenvalue weighted by molar-refractivity contribution is 5.92. The van der Waals surface area contributed by atoms with Gasteiger partial charge in [0.25, 0.3) is 0 Å². The van der Waals surface area contributed by atoms with Gasteiger partial charge in [-0.15, -0.1) is 0 Å². The summed E-state index contributed by atoms with van der Waals surface area (Å²) in [5, 5.41) is 3.00. The molecule has 3 heteroatoms. The Morgan fingerprint density at radius 1 is 1.00 bits per heavy atom. The summed E-state index contributed by atoms with van der Waals surface area (Å²) in [5.41, 5.74) is 6.61. The molecule has 0 aliphatic carbocycles. The molecule has 122 valence electrons. The third kappa shape index (κ3) is 4.35. The fourth-order valence-electron chi connectivity index (χ4n) is 2.71. The number of aryl methyl sites for hydroxylation is 4. The lowest BCUT2D eigenvalue weighted by molar-refractivity contribution is -0.116. The third-order valence-corrected chi connectivity index (χ3v) is 4.08. The van der Waals surface area contributed by atoms with E-state index in [-0.39, 0.29) is 5.91 Å². The molecule has 2 rings (SSSR count). The first-order valence-electron chi connectivity index (χ1n) is 7.95. The molecule has 3 nitrogen and oxygen atoms in total. The van der Waals surface area contributed by atoms with Crippen LogP contribution in [-0.4, -0.2) is 12.5 Å². The van der Waals surface area contributed by atoms with Gasteiger partial charge in [0, 0.05) is 5.69 Å². The van der Waals surface area contributed by atoms with E-state index in [4.69, 9.17) is 4.74 Å². The van der Waals surface area contributed by atoms with Crippen LogP contribution < -0.4 is 10.1 Å². The van der Waals surface area contributed by atoms with Crippen LogP contribution in [0.25, 0.3) is 0 Å². The SMILES string of the molecule is Cc1cc(C)c(NC(=O)CCOc2cccc(C)c2C)c(C)c1. The van der Waals surface area contributed by atoms with Crippen molar-refractivity contribution >= 4 is 11.6 Å². The molecule has 0 bridgehead atoms. The second-order valence-corrected chi connectivity index (χ2v) is 6.12. The highest BCUT2D eigenvalue weighted by atomic mass is 16.5. The molecule has 2 aromatic carbocycles. The number of amides is 1. The van der Waals surface area contributed by atoms with Crippen molar-refractivity contribution in [2.45, 2.75) is 41.0 Å². The fourth-order valence-corrected chi connectivity index (χ4v) is 2.71. The molecule has 0 unspecified atom stereocenters. The molecular weight excluding hydrogens is 286 g/mol. The van der Waals surface area contributed by atoms with Crippen molar-refractivity contribution in [1.29, 1.82) is 0 Å². The summed E-state index contributed by atoms with van der Waals surface area (Å²) in [6.45, 7) is 10.6. The predicted octanol–water partition coefficient (Wildman–Crippen LogP) is 4.64. The molecular formula is C20H25NO2. The molecule has 0 fully saturated rings. The first-order chi connectivity index (χ1) is 10.9. The van der Waals surface area contributed by atoms with E-state index in [0.29, 0.717) is 13.0 Å².